The summed E-state index contributed by atoms with van der Waals surface area (Å²) < 4.78 is 15.9. The Hall–Kier alpha value is -1.38. The van der Waals surface area contributed by atoms with Crippen LogP contribution in [-0.4, -0.2) is 15.7 Å². The van der Waals surface area contributed by atoms with Crippen molar-refractivity contribution in [2.24, 2.45) is 0 Å². The Balaban J connectivity index is 2.04. The molecule has 0 aliphatic heterocycles. The van der Waals surface area contributed by atoms with Crippen molar-refractivity contribution < 1.29 is 4.39 Å². The zero-order valence-electron chi connectivity index (χ0n) is 9.14. The molecule has 1 aromatic carbocycles. The molecule has 1 fully saturated rings. The second-order valence-electron chi connectivity index (χ2n) is 4.51. The van der Waals surface area contributed by atoms with E-state index in [4.69, 9.17) is 0 Å². The van der Waals surface area contributed by atoms with E-state index in [2.05, 4.69) is 4.98 Å². The Labute approximate surface area is 94.1 Å². The number of rotatable bonds is 1. The minimum atomic E-state index is -0.716. The second kappa shape index (κ2) is 3.89. The molecule has 2 atom stereocenters. The predicted molar refractivity (Wildman–Crippen MR) is 62.1 cm³/mol. The van der Waals surface area contributed by atoms with E-state index >= 15 is 0 Å². The van der Waals surface area contributed by atoms with Crippen LogP contribution in [0.5, 0.6) is 0 Å². The van der Waals surface area contributed by atoms with Gasteiger partial charge in [-0.3, -0.25) is 0 Å². The molecule has 1 aromatic heterocycles. The molecule has 1 heterocycles. The van der Waals surface area contributed by atoms with E-state index < -0.39 is 6.17 Å². The molecular weight excluding hydrogens is 203 g/mol. The molecule has 1 saturated carbocycles. The van der Waals surface area contributed by atoms with Crippen LogP contribution < -0.4 is 0 Å². The van der Waals surface area contributed by atoms with Crippen molar-refractivity contribution in [3.05, 3.63) is 30.6 Å². The summed E-state index contributed by atoms with van der Waals surface area (Å²) in [7, 11) is 0. The van der Waals surface area contributed by atoms with Gasteiger partial charge >= 0.3 is 0 Å². The number of hydrogen-bond donors (Lipinski definition) is 0. The van der Waals surface area contributed by atoms with Gasteiger partial charge in [0.2, 0.25) is 0 Å². The fraction of sp³-hybridized carbons (Fsp3) is 0.462. The molecule has 3 rings (SSSR count). The van der Waals surface area contributed by atoms with Crippen molar-refractivity contribution in [3.63, 3.8) is 0 Å². The second-order valence-corrected chi connectivity index (χ2v) is 4.51. The van der Waals surface area contributed by atoms with Crippen LogP contribution in [0.15, 0.2) is 30.6 Å². The first kappa shape index (κ1) is 9.82. The molecule has 16 heavy (non-hydrogen) atoms. The average molecular weight is 218 g/mol. The van der Waals surface area contributed by atoms with Crippen molar-refractivity contribution in [1.82, 2.24) is 9.55 Å². The molecule has 3 heteroatoms. The monoisotopic (exact) mass is 218 g/mol. The first-order chi connectivity index (χ1) is 7.86. The maximum atomic E-state index is 13.9. The third kappa shape index (κ3) is 1.51. The van der Waals surface area contributed by atoms with E-state index in [1.165, 1.54) is 0 Å². The molecule has 0 bridgehead atoms. The van der Waals surface area contributed by atoms with Gasteiger partial charge in [0, 0.05) is 0 Å². The quantitative estimate of drug-likeness (QED) is 0.716. The van der Waals surface area contributed by atoms with Gasteiger partial charge in [-0.2, -0.15) is 0 Å². The van der Waals surface area contributed by atoms with Crippen LogP contribution >= 0.6 is 0 Å². The van der Waals surface area contributed by atoms with E-state index in [-0.39, 0.29) is 6.04 Å². The first-order valence-corrected chi connectivity index (χ1v) is 5.92. The zero-order chi connectivity index (χ0) is 11.0. The summed E-state index contributed by atoms with van der Waals surface area (Å²) in [6.07, 6.45) is 4.83. The Bertz CT molecular complexity index is 491. The highest BCUT2D eigenvalue weighted by molar-refractivity contribution is 5.75. The Morgan fingerprint density at radius 2 is 2.00 bits per heavy atom. The summed E-state index contributed by atoms with van der Waals surface area (Å²) in [6.45, 7) is 0. The van der Waals surface area contributed by atoms with Gasteiger partial charge in [0.1, 0.15) is 6.17 Å². The normalized spacial score (nSPS) is 26.1. The summed E-state index contributed by atoms with van der Waals surface area (Å²) >= 11 is 0. The number of imidazole rings is 1. The Morgan fingerprint density at radius 1 is 1.19 bits per heavy atom. The molecule has 84 valence electrons. The predicted octanol–water partition coefficient (Wildman–Crippen LogP) is 3.49. The van der Waals surface area contributed by atoms with Gasteiger partial charge in [0.15, 0.2) is 0 Å². The van der Waals surface area contributed by atoms with Gasteiger partial charge in [-0.05, 0) is 25.0 Å². The summed E-state index contributed by atoms with van der Waals surface area (Å²) in [5, 5.41) is 0. The van der Waals surface area contributed by atoms with Gasteiger partial charge in [0.25, 0.3) is 0 Å². The van der Waals surface area contributed by atoms with Gasteiger partial charge in [-0.1, -0.05) is 25.0 Å². The molecule has 0 spiro atoms. The molecule has 1 aliphatic carbocycles. The number of para-hydroxylation sites is 2. The molecule has 0 N–H and O–H groups in total. The van der Waals surface area contributed by atoms with Crippen LogP contribution in [0.2, 0.25) is 0 Å². The van der Waals surface area contributed by atoms with E-state index in [1.807, 2.05) is 28.8 Å². The first-order valence-electron chi connectivity index (χ1n) is 5.92. The van der Waals surface area contributed by atoms with Crippen molar-refractivity contribution in [3.8, 4) is 0 Å². The highest BCUT2D eigenvalue weighted by atomic mass is 19.1. The van der Waals surface area contributed by atoms with E-state index in [0.29, 0.717) is 6.42 Å². The van der Waals surface area contributed by atoms with E-state index in [9.17, 15) is 4.39 Å². The number of aromatic nitrogens is 2. The minimum absolute atomic E-state index is 0.0128. The van der Waals surface area contributed by atoms with Crippen molar-refractivity contribution in [2.45, 2.75) is 37.9 Å². The lowest BCUT2D eigenvalue weighted by Gasteiger charge is -2.27. The third-order valence-electron chi connectivity index (χ3n) is 3.49. The molecule has 0 saturated heterocycles. The van der Waals surface area contributed by atoms with Gasteiger partial charge in [-0.25, -0.2) is 9.37 Å². The molecular formula is C13H15FN2. The smallest absolute Gasteiger partial charge is 0.121 e. The topological polar surface area (TPSA) is 17.8 Å². The van der Waals surface area contributed by atoms with Crippen molar-refractivity contribution >= 4 is 11.0 Å². The van der Waals surface area contributed by atoms with Crippen LogP contribution in [0.1, 0.15) is 31.7 Å². The van der Waals surface area contributed by atoms with Gasteiger partial charge in [-0.15, -0.1) is 0 Å². The van der Waals surface area contributed by atoms with E-state index in [1.54, 1.807) is 6.33 Å². The molecule has 0 amide bonds. The number of alkyl halides is 1. The minimum Gasteiger partial charge on any atom is -0.325 e. The molecule has 1 aliphatic rings. The fourth-order valence-corrected chi connectivity index (χ4v) is 2.62. The van der Waals surface area contributed by atoms with Crippen LogP contribution in [-0.2, 0) is 0 Å². The van der Waals surface area contributed by atoms with Crippen molar-refractivity contribution in [2.75, 3.05) is 0 Å². The van der Waals surface area contributed by atoms with Crippen LogP contribution in [0.25, 0.3) is 11.0 Å². The summed E-state index contributed by atoms with van der Waals surface area (Å²) in [4.78, 5) is 4.32. The Morgan fingerprint density at radius 3 is 2.88 bits per heavy atom. The van der Waals surface area contributed by atoms with E-state index in [0.717, 1.165) is 30.3 Å². The summed E-state index contributed by atoms with van der Waals surface area (Å²) in [5.74, 6) is 0. The average Bonchev–Trinajstić information content (AvgIpc) is 2.74. The van der Waals surface area contributed by atoms with Gasteiger partial charge < -0.3 is 4.57 Å². The fourth-order valence-electron chi connectivity index (χ4n) is 2.62. The molecule has 2 nitrogen and oxygen atoms in total. The third-order valence-corrected chi connectivity index (χ3v) is 3.49. The van der Waals surface area contributed by atoms with Crippen molar-refractivity contribution in [1.29, 1.82) is 0 Å². The van der Waals surface area contributed by atoms with Crippen LogP contribution in [0.3, 0.4) is 0 Å². The Kier molecular flexibility index (Phi) is 2.39. The lowest BCUT2D eigenvalue weighted by molar-refractivity contribution is 0.173. The standard InChI is InChI=1S/C13H15FN2/c14-10-5-1-3-7-12(10)16-9-15-11-6-2-4-8-13(11)16/h2,4,6,8-10,12H,1,3,5,7H2/t10-,12-/m1/s1. The molecule has 0 radical (unpaired) electrons. The maximum absolute atomic E-state index is 13.9. The van der Waals surface area contributed by atoms with Crippen LogP contribution in [0.4, 0.5) is 4.39 Å². The number of halogens is 1. The number of fused-ring (bicyclic) bond motifs is 1. The lowest BCUT2D eigenvalue weighted by atomic mass is 9.93. The number of benzene rings is 1. The zero-order valence-corrected chi connectivity index (χ0v) is 9.14. The van der Waals surface area contributed by atoms with Gasteiger partial charge in [0.05, 0.1) is 23.4 Å². The molecule has 0 unspecified atom stereocenters. The van der Waals surface area contributed by atoms with Crippen LogP contribution in [0, 0.1) is 0 Å². The SMILES string of the molecule is F[C@@H]1CCCC[C@H]1n1cnc2ccccc21. The number of nitrogens with zero attached hydrogens (tertiary/aromatic N) is 2. The lowest BCUT2D eigenvalue weighted by Crippen LogP contribution is -2.23. The maximum Gasteiger partial charge on any atom is 0.121 e. The number of hydrogen-bond acceptors (Lipinski definition) is 1. The highest BCUT2D eigenvalue weighted by Crippen LogP contribution is 2.32. The molecule has 2 aromatic rings. The highest BCUT2D eigenvalue weighted by Gasteiger charge is 2.26. The summed E-state index contributed by atoms with van der Waals surface area (Å²) in [5.41, 5.74) is 2.01. The summed E-state index contributed by atoms with van der Waals surface area (Å²) in [6, 6.07) is 7.93. The largest absolute Gasteiger partial charge is 0.325 e.